The summed E-state index contributed by atoms with van der Waals surface area (Å²) in [6.07, 6.45) is 0. The monoisotopic (exact) mass is 298 g/mol. The summed E-state index contributed by atoms with van der Waals surface area (Å²) in [5.41, 5.74) is 0. The van der Waals surface area contributed by atoms with Crippen LogP contribution in [0.25, 0.3) is 0 Å². The Morgan fingerprint density at radius 3 is 2.70 bits per heavy atom. The molecule has 0 spiro atoms. The molecule has 0 radical (unpaired) electrons. The van der Waals surface area contributed by atoms with Crippen molar-refractivity contribution in [3.05, 3.63) is 30.1 Å². The van der Waals surface area contributed by atoms with E-state index in [0.29, 0.717) is 11.4 Å². The molecule has 0 saturated heterocycles. The lowest BCUT2D eigenvalue weighted by atomic mass is 10.3. The Morgan fingerprint density at radius 1 is 1.40 bits per heavy atom. The minimum absolute atomic E-state index is 0.0396. The third kappa shape index (κ3) is 6.39. The highest BCUT2D eigenvalue weighted by Crippen LogP contribution is 2.20. The standard InChI is InChI=1S/C15H23FN2OS/c1-4-18(11-15(19)17-12(2)3)9-10-20-14-8-6-5-7-13(14)16/h5-8,12H,4,9-11H2,1-3H3,(H,17,19). The molecule has 0 fully saturated rings. The van der Waals surface area contributed by atoms with E-state index in [4.69, 9.17) is 0 Å². The number of likely N-dealkylation sites (N-methyl/N-ethyl adjacent to an activating group) is 1. The van der Waals surface area contributed by atoms with Gasteiger partial charge in [-0.05, 0) is 32.5 Å². The highest BCUT2D eigenvalue weighted by atomic mass is 32.2. The second-order valence-electron chi connectivity index (χ2n) is 4.87. The lowest BCUT2D eigenvalue weighted by molar-refractivity contribution is -0.122. The van der Waals surface area contributed by atoms with E-state index in [2.05, 4.69) is 10.2 Å². The highest BCUT2D eigenvalue weighted by Gasteiger charge is 2.10. The van der Waals surface area contributed by atoms with Crippen LogP contribution in [0.3, 0.4) is 0 Å². The molecule has 1 rings (SSSR count). The molecule has 0 unspecified atom stereocenters. The van der Waals surface area contributed by atoms with Crippen molar-refractivity contribution in [1.29, 1.82) is 0 Å². The molecule has 20 heavy (non-hydrogen) atoms. The summed E-state index contributed by atoms with van der Waals surface area (Å²) in [5, 5.41) is 2.88. The number of nitrogens with one attached hydrogen (secondary N) is 1. The molecule has 0 saturated carbocycles. The van der Waals surface area contributed by atoms with Crippen LogP contribution in [0.15, 0.2) is 29.2 Å². The molecule has 0 aliphatic carbocycles. The Bertz CT molecular complexity index is 426. The van der Waals surface area contributed by atoms with E-state index in [1.54, 1.807) is 12.1 Å². The Labute approximate surface area is 124 Å². The second-order valence-corrected chi connectivity index (χ2v) is 6.01. The molecule has 0 aromatic heterocycles. The van der Waals surface area contributed by atoms with E-state index < -0.39 is 0 Å². The second kappa shape index (κ2) is 8.97. The van der Waals surface area contributed by atoms with Crippen molar-refractivity contribution >= 4 is 17.7 Å². The lowest BCUT2D eigenvalue weighted by Crippen LogP contribution is -2.40. The van der Waals surface area contributed by atoms with Gasteiger partial charge in [0.1, 0.15) is 5.82 Å². The first kappa shape index (κ1) is 17.0. The fraction of sp³-hybridized carbons (Fsp3) is 0.533. The maximum absolute atomic E-state index is 13.5. The van der Waals surface area contributed by atoms with E-state index in [1.165, 1.54) is 17.8 Å². The number of halogens is 1. The van der Waals surface area contributed by atoms with Gasteiger partial charge in [0.25, 0.3) is 0 Å². The number of benzene rings is 1. The average molecular weight is 298 g/mol. The van der Waals surface area contributed by atoms with Gasteiger partial charge in [0, 0.05) is 23.2 Å². The molecule has 3 nitrogen and oxygen atoms in total. The van der Waals surface area contributed by atoms with Gasteiger partial charge < -0.3 is 5.32 Å². The lowest BCUT2D eigenvalue weighted by Gasteiger charge is -2.20. The van der Waals surface area contributed by atoms with E-state index >= 15 is 0 Å². The Balaban J connectivity index is 2.35. The molecule has 0 bridgehead atoms. The summed E-state index contributed by atoms with van der Waals surface area (Å²) in [6.45, 7) is 7.89. The van der Waals surface area contributed by atoms with Crippen LogP contribution in [0.5, 0.6) is 0 Å². The molecular weight excluding hydrogens is 275 g/mol. The smallest absolute Gasteiger partial charge is 0.234 e. The quantitative estimate of drug-likeness (QED) is 0.749. The fourth-order valence-electron chi connectivity index (χ4n) is 1.77. The van der Waals surface area contributed by atoms with E-state index in [-0.39, 0.29) is 17.8 Å². The summed E-state index contributed by atoms with van der Waals surface area (Å²) in [4.78, 5) is 14.4. The number of amides is 1. The van der Waals surface area contributed by atoms with Gasteiger partial charge in [-0.25, -0.2) is 4.39 Å². The summed E-state index contributed by atoms with van der Waals surface area (Å²) >= 11 is 1.48. The van der Waals surface area contributed by atoms with Crippen LogP contribution in [0.1, 0.15) is 20.8 Å². The maximum atomic E-state index is 13.5. The van der Waals surface area contributed by atoms with Crippen molar-refractivity contribution in [2.45, 2.75) is 31.7 Å². The Hall–Kier alpha value is -1.07. The van der Waals surface area contributed by atoms with Gasteiger partial charge in [-0.1, -0.05) is 19.1 Å². The fourth-order valence-corrected chi connectivity index (χ4v) is 2.72. The van der Waals surface area contributed by atoms with Crippen LogP contribution in [0, 0.1) is 5.82 Å². The SMILES string of the molecule is CCN(CCSc1ccccc1F)CC(=O)NC(C)C. The predicted octanol–water partition coefficient (Wildman–Crippen LogP) is 2.76. The number of nitrogens with zero attached hydrogens (tertiary/aromatic N) is 1. The van der Waals surface area contributed by atoms with E-state index in [0.717, 1.165) is 18.8 Å². The zero-order valence-corrected chi connectivity index (χ0v) is 13.2. The normalized spacial score (nSPS) is 11.1. The van der Waals surface area contributed by atoms with Crippen molar-refractivity contribution < 1.29 is 9.18 Å². The maximum Gasteiger partial charge on any atom is 0.234 e. The van der Waals surface area contributed by atoms with Crippen molar-refractivity contribution in [3.63, 3.8) is 0 Å². The number of rotatable bonds is 8. The van der Waals surface area contributed by atoms with Crippen molar-refractivity contribution in [2.75, 3.05) is 25.4 Å². The average Bonchev–Trinajstić information content (AvgIpc) is 2.38. The largest absolute Gasteiger partial charge is 0.353 e. The third-order valence-corrected chi connectivity index (χ3v) is 3.79. The molecule has 1 N–H and O–H groups in total. The predicted molar refractivity (Wildman–Crippen MR) is 82.5 cm³/mol. The number of hydrogen-bond donors (Lipinski definition) is 1. The molecule has 1 aromatic rings. The van der Waals surface area contributed by atoms with Crippen molar-refractivity contribution in [3.8, 4) is 0 Å². The first-order chi connectivity index (χ1) is 9.52. The van der Waals surface area contributed by atoms with Crippen LogP contribution >= 0.6 is 11.8 Å². The van der Waals surface area contributed by atoms with Gasteiger partial charge in [0.15, 0.2) is 0 Å². The summed E-state index contributed by atoms with van der Waals surface area (Å²) in [6, 6.07) is 6.93. The summed E-state index contributed by atoms with van der Waals surface area (Å²) < 4.78 is 13.5. The van der Waals surface area contributed by atoms with Gasteiger partial charge in [0.2, 0.25) is 5.91 Å². The number of carbonyl (C=O) groups is 1. The molecule has 0 atom stereocenters. The van der Waals surface area contributed by atoms with E-state index in [9.17, 15) is 9.18 Å². The van der Waals surface area contributed by atoms with E-state index in [1.807, 2.05) is 26.8 Å². The van der Waals surface area contributed by atoms with Crippen molar-refractivity contribution in [2.24, 2.45) is 0 Å². The minimum Gasteiger partial charge on any atom is -0.353 e. The first-order valence-corrected chi connectivity index (χ1v) is 7.90. The Morgan fingerprint density at radius 2 is 2.10 bits per heavy atom. The molecule has 0 heterocycles. The van der Waals surface area contributed by atoms with Crippen LogP contribution in [-0.2, 0) is 4.79 Å². The molecule has 5 heteroatoms. The van der Waals surface area contributed by atoms with Gasteiger partial charge >= 0.3 is 0 Å². The van der Waals surface area contributed by atoms with Crippen LogP contribution < -0.4 is 5.32 Å². The summed E-state index contributed by atoms with van der Waals surface area (Å²) in [5.74, 6) is 0.625. The van der Waals surface area contributed by atoms with Crippen LogP contribution in [0.4, 0.5) is 4.39 Å². The zero-order valence-electron chi connectivity index (χ0n) is 12.4. The van der Waals surface area contributed by atoms with Crippen molar-refractivity contribution in [1.82, 2.24) is 10.2 Å². The molecule has 1 aromatic carbocycles. The number of thioether (sulfide) groups is 1. The minimum atomic E-state index is -0.182. The molecular formula is C15H23FN2OS. The highest BCUT2D eigenvalue weighted by molar-refractivity contribution is 7.99. The topological polar surface area (TPSA) is 32.3 Å². The molecule has 0 aliphatic heterocycles. The Kier molecular flexibility index (Phi) is 7.62. The third-order valence-electron chi connectivity index (χ3n) is 2.77. The van der Waals surface area contributed by atoms with Gasteiger partial charge in [0.05, 0.1) is 6.54 Å². The molecule has 1 amide bonds. The number of carbonyl (C=O) groups excluding carboxylic acids is 1. The number of hydrogen-bond acceptors (Lipinski definition) is 3. The summed E-state index contributed by atoms with van der Waals surface area (Å²) in [7, 11) is 0. The van der Waals surface area contributed by atoms with Gasteiger partial charge in [-0.3, -0.25) is 9.69 Å². The van der Waals surface area contributed by atoms with Crippen LogP contribution in [-0.4, -0.2) is 42.2 Å². The zero-order chi connectivity index (χ0) is 15.0. The van der Waals surface area contributed by atoms with Gasteiger partial charge in [-0.2, -0.15) is 0 Å². The van der Waals surface area contributed by atoms with Gasteiger partial charge in [-0.15, -0.1) is 11.8 Å². The molecule has 112 valence electrons. The van der Waals surface area contributed by atoms with Crippen LogP contribution in [0.2, 0.25) is 0 Å². The molecule has 0 aliphatic rings. The first-order valence-electron chi connectivity index (χ1n) is 6.92.